The summed E-state index contributed by atoms with van der Waals surface area (Å²) in [5, 5.41) is 2.55. The smallest absolute Gasteiger partial charge is 0.246 e. The van der Waals surface area contributed by atoms with Crippen LogP contribution in [-0.4, -0.2) is 19.1 Å². The molecule has 0 aromatic carbocycles. The molecule has 0 aromatic rings. The topological polar surface area (TPSA) is 29.1 Å². The number of carbonyl (C=O) groups excluding carboxylic acids is 1. The number of halogens is 1. The van der Waals surface area contributed by atoms with Crippen LogP contribution in [0.1, 0.15) is 32.1 Å². The molecule has 0 saturated heterocycles. The minimum absolute atomic E-state index is 0.0837. The highest BCUT2D eigenvalue weighted by molar-refractivity contribution is 5.93. The second-order valence-electron chi connectivity index (χ2n) is 3.27. The number of carbonyl (C=O) groups is 1. The molecule has 0 atom stereocenters. The Morgan fingerprint density at radius 3 is 3.08 bits per heavy atom. The highest BCUT2D eigenvalue weighted by Gasteiger charge is 2.10. The van der Waals surface area contributed by atoms with Gasteiger partial charge in [0.05, 0.1) is 0 Å². The maximum absolute atomic E-state index is 11.8. The number of amides is 1. The summed E-state index contributed by atoms with van der Waals surface area (Å²) in [6.07, 6.45) is 7.25. The summed E-state index contributed by atoms with van der Waals surface area (Å²) in [5.41, 5.74) is 0.839. The van der Waals surface area contributed by atoms with Gasteiger partial charge in [-0.2, -0.15) is 0 Å². The third kappa shape index (κ3) is 3.57. The summed E-state index contributed by atoms with van der Waals surface area (Å²) in [6, 6.07) is 0. The molecule has 74 valence electrons. The standard InChI is InChI=1S/C10H16FNO/c11-7-8-12-10(13)9-5-3-1-2-4-6-9/h5H,1-4,6-8H2,(H,12,13). The molecule has 0 saturated carbocycles. The largest absolute Gasteiger partial charge is 0.350 e. The lowest BCUT2D eigenvalue weighted by Gasteiger charge is -2.04. The van der Waals surface area contributed by atoms with Crippen molar-refractivity contribution in [2.45, 2.75) is 32.1 Å². The molecule has 0 fully saturated rings. The minimum atomic E-state index is -0.487. The number of rotatable bonds is 3. The van der Waals surface area contributed by atoms with Gasteiger partial charge in [-0.3, -0.25) is 4.79 Å². The Morgan fingerprint density at radius 1 is 1.46 bits per heavy atom. The average molecular weight is 185 g/mol. The van der Waals surface area contributed by atoms with Gasteiger partial charge < -0.3 is 5.32 Å². The summed E-state index contributed by atoms with van der Waals surface area (Å²) in [6.45, 7) is -0.352. The van der Waals surface area contributed by atoms with Gasteiger partial charge >= 0.3 is 0 Å². The molecule has 0 radical (unpaired) electrons. The zero-order chi connectivity index (χ0) is 9.52. The average Bonchev–Trinajstić information content (AvgIpc) is 2.42. The quantitative estimate of drug-likeness (QED) is 0.715. The van der Waals surface area contributed by atoms with Gasteiger partial charge in [-0.15, -0.1) is 0 Å². The van der Waals surface area contributed by atoms with Gasteiger partial charge in [0, 0.05) is 12.1 Å². The van der Waals surface area contributed by atoms with Crippen LogP contribution in [0.5, 0.6) is 0 Å². The van der Waals surface area contributed by atoms with Crippen molar-refractivity contribution in [1.82, 2.24) is 5.32 Å². The first-order chi connectivity index (χ1) is 6.34. The van der Waals surface area contributed by atoms with Gasteiger partial charge in [0.2, 0.25) is 5.91 Å². The summed E-state index contributed by atoms with van der Waals surface area (Å²) in [5.74, 6) is -0.0837. The van der Waals surface area contributed by atoms with Crippen LogP contribution in [0.2, 0.25) is 0 Å². The Labute approximate surface area is 78.2 Å². The van der Waals surface area contributed by atoms with E-state index < -0.39 is 6.67 Å². The van der Waals surface area contributed by atoms with Crippen molar-refractivity contribution in [1.29, 1.82) is 0 Å². The Morgan fingerprint density at radius 2 is 2.31 bits per heavy atom. The van der Waals surface area contributed by atoms with E-state index in [2.05, 4.69) is 5.32 Å². The molecule has 0 bridgehead atoms. The molecule has 0 unspecified atom stereocenters. The van der Waals surface area contributed by atoms with Gasteiger partial charge in [0.25, 0.3) is 0 Å². The number of hydrogen-bond donors (Lipinski definition) is 1. The third-order valence-electron chi connectivity index (χ3n) is 2.21. The van der Waals surface area contributed by atoms with Crippen molar-refractivity contribution >= 4 is 5.91 Å². The van der Waals surface area contributed by atoms with E-state index in [9.17, 15) is 9.18 Å². The van der Waals surface area contributed by atoms with Crippen LogP contribution < -0.4 is 5.32 Å². The molecule has 1 aliphatic rings. The molecule has 0 spiro atoms. The van der Waals surface area contributed by atoms with E-state index in [1.165, 1.54) is 12.8 Å². The van der Waals surface area contributed by atoms with E-state index in [-0.39, 0.29) is 12.5 Å². The summed E-state index contributed by atoms with van der Waals surface area (Å²) in [7, 11) is 0. The fraction of sp³-hybridized carbons (Fsp3) is 0.700. The summed E-state index contributed by atoms with van der Waals surface area (Å²) in [4.78, 5) is 11.4. The van der Waals surface area contributed by atoms with Crippen molar-refractivity contribution in [3.63, 3.8) is 0 Å². The minimum Gasteiger partial charge on any atom is -0.350 e. The van der Waals surface area contributed by atoms with Crippen molar-refractivity contribution in [3.8, 4) is 0 Å². The number of alkyl halides is 1. The zero-order valence-electron chi connectivity index (χ0n) is 7.81. The van der Waals surface area contributed by atoms with E-state index in [0.717, 1.165) is 24.8 Å². The van der Waals surface area contributed by atoms with Gasteiger partial charge in [0.15, 0.2) is 0 Å². The Balaban J connectivity index is 2.39. The maximum atomic E-state index is 11.8. The lowest BCUT2D eigenvalue weighted by Crippen LogP contribution is -2.26. The van der Waals surface area contributed by atoms with Gasteiger partial charge in [-0.25, -0.2) is 4.39 Å². The molecule has 0 aromatic heterocycles. The maximum Gasteiger partial charge on any atom is 0.246 e. The van der Waals surface area contributed by atoms with Crippen LogP contribution in [0.15, 0.2) is 11.6 Å². The zero-order valence-corrected chi connectivity index (χ0v) is 7.81. The van der Waals surface area contributed by atoms with E-state index in [1.807, 2.05) is 6.08 Å². The van der Waals surface area contributed by atoms with Crippen LogP contribution in [-0.2, 0) is 4.79 Å². The summed E-state index contributed by atoms with van der Waals surface area (Å²) < 4.78 is 11.8. The molecule has 3 heteroatoms. The molecule has 2 nitrogen and oxygen atoms in total. The fourth-order valence-electron chi connectivity index (χ4n) is 1.50. The Hall–Kier alpha value is -0.860. The van der Waals surface area contributed by atoms with Crippen molar-refractivity contribution < 1.29 is 9.18 Å². The van der Waals surface area contributed by atoms with Gasteiger partial charge in [0.1, 0.15) is 6.67 Å². The Bertz CT molecular complexity index is 201. The highest BCUT2D eigenvalue weighted by Crippen LogP contribution is 2.16. The second-order valence-corrected chi connectivity index (χ2v) is 3.27. The summed E-state index contributed by atoms with van der Waals surface area (Å²) >= 11 is 0. The van der Waals surface area contributed by atoms with Crippen LogP contribution in [0, 0.1) is 0 Å². The predicted octanol–water partition coefficient (Wildman–Crippen LogP) is 1.96. The predicted molar refractivity (Wildman–Crippen MR) is 50.2 cm³/mol. The molecular formula is C10H16FNO. The number of nitrogens with one attached hydrogen (secondary N) is 1. The first-order valence-electron chi connectivity index (χ1n) is 4.88. The molecule has 1 aliphatic carbocycles. The van der Waals surface area contributed by atoms with Crippen LogP contribution in [0.25, 0.3) is 0 Å². The highest BCUT2D eigenvalue weighted by atomic mass is 19.1. The van der Waals surface area contributed by atoms with Gasteiger partial charge in [-0.1, -0.05) is 12.5 Å². The number of allylic oxidation sites excluding steroid dienone is 1. The van der Waals surface area contributed by atoms with Crippen LogP contribution in [0.4, 0.5) is 4.39 Å². The first kappa shape index (κ1) is 10.2. The molecule has 1 rings (SSSR count). The van der Waals surface area contributed by atoms with Gasteiger partial charge in [-0.05, 0) is 25.7 Å². The fourth-order valence-corrected chi connectivity index (χ4v) is 1.50. The Kier molecular flexibility index (Phi) is 4.50. The van der Waals surface area contributed by atoms with E-state index in [0.29, 0.717) is 0 Å². The molecule has 13 heavy (non-hydrogen) atoms. The lowest BCUT2D eigenvalue weighted by atomic mass is 10.1. The van der Waals surface area contributed by atoms with Crippen LogP contribution in [0.3, 0.4) is 0 Å². The van der Waals surface area contributed by atoms with Crippen LogP contribution >= 0.6 is 0 Å². The normalized spacial score (nSPS) is 17.5. The van der Waals surface area contributed by atoms with Crippen molar-refractivity contribution in [3.05, 3.63) is 11.6 Å². The molecule has 1 amide bonds. The second kappa shape index (κ2) is 5.73. The SMILES string of the molecule is O=C(NCCF)C1=CCCCCC1. The molecule has 0 heterocycles. The first-order valence-corrected chi connectivity index (χ1v) is 4.88. The number of hydrogen-bond acceptors (Lipinski definition) is 1. The monoisotopic (exact) mass is 185 g/mol. The molecular weight excluding hydrogens is 169 g/mol. The van der Waals surface area contributed by atoms with E-state index in [4.69, 9.17) is 0 Å². The van der Waals surface area contributed by atoms with Crippen molar-refractivity contribution in [2.24, 2.45) is 0 Å². The van der Waals surface area contributed by atoms with E-state index in [1.54, 1.807) is 0 Å². The third-order valence-corrected chi connectivity index (χ3v) is 2.21. The molecule has 0 aliphatic heterocycles. The lowest BCUT2D eigenvalue weighted by molar-refractivity contribution is -0.117. The van der Waals surface area contributed by atoms with Crippen molar-refractivity contribution in [2.75, 3.05) is 13.2 Å². The molecule has 1 N–H and O–H groups in total. The van der Waals surface area contributed by atoms with E-state index >= 15 is 0 Å².